The van der Waals surface area contributed by atoms with Crippen molar-refractivity contribution in [1.82, 2.24) is 4.98 Å². The molecule has 2 rings (SSSR count). The average Bonchev–Trinajstić information content (AvgIpc) is 2.87. The van der Waals surface area contributed by atoms with E-state index >= 15 is 0 Å². The lowest BCUT2D eigenvalue weighted by atomic mass is 10.1. The highest BCUT2D eigenvalue weighted by atomic mass is 35.5. The van der Waals surface area contributed by atoms with Crippen LogP contribution in [0.3, 0.4) is 0 Å². The number of hydrogen-bond acceptors (Lipinski definition) is 5. The molecule has 0 atom stereocenters. The van der Waals surface area contributed by atoms with E-state index in [-0.39, 0.29) is 16.3 Å². The number of aromatic nitrogens is 1. The van der Waals surface area contributed by atoms with Crippen LogP contribution in [0, 0.1) is 10.1 Å². The fraction of sp³-hybridized carbons (Fsp3) is 0.231. The number of halogens is 1. The second-order valence-electron chi connectivity index (χ2n) is 4.60. The smallest absolute Gasteiger partial charge is 0.283 e. The highest BCUT2D eigenvalue weighted by Gasteiger charge is 2.21. The van der Waals surface area contributed by atoms with Crippen molar-refractivity contribution in [2.45, 2.75) is 19.8 Å². The fourth-order valence-corrected chi connectivity index (χ4v) is 2.60. The molecule has 8 heteroatoms. The summed E-state index contributed by atoms with van der Waals surface area (Å²) in [5.74, 6) is -0.277. The summed E-state index contributed by atoms with van der Waals surface area (Å²) in [7, 11) is 0. The first-order valence-corrected chi connectivity index (χ1v) is 7.29. The van der Waals surface area contributed by atoms with Crippen LogP contribution < -0.4 is 5.32 Å². The molecule has 0 fully saturated rings. The van der Waals surface area contributed by atoms with E-state index in [4.69, 9.17) is 11.6 Å². The van der Waals surface area contributed by atoms with E-state index in [9.17, 15) is 14.9 Å². The zero-order chi connectivity index (χ0) is 15.6. The molecule has 2 aromatic rings. The summed E-state index contributed by atoms with van der Waals surface area (Å²) >= 11 is 7.06. The number of benzene rings is 1. The lowest BCUT2D eigenvalue weighted by Gasteiger charge is -2.03. The number of rotatable bonds is 4. The topological polar surface area (TPSA) is 85.1 Å². The molecule has 0 saturated carbocycles. The molecule has 0 bridgehead atoms. The van der Waals surface area contributed by atoms with Crippen molar-refractivity contribution in [3.05, 3.63) is 50.0 Å². The van der Waals surface area contributed by atoms with Crippen LogP contribution in [-0.4, -0.2) is 15.8 Å². The lowest BCUT2D eigenvalue weighted by Crippen LogP contribution is -2.13. The number of thiazole rings is 1. The normalized spacial score (nSPS) is 10.7. The number of nitro benzene ring substituents is 1. The second kappa shape index (κ2) is 6.19. The van der Waals surface area contributed by atoms with Gasteiger partial charge in [-0.25, -0.2) is 4.98 Å². The van der Waals surface area contributed by atoms with Gasteiger partial charge in [0.2, 0.25) is 0 Å². The van der Waals surface area contributed by atoms with Crippen molar-refractivity contribution in [2.75, 3.05) is 5.32 Å². The first-order chi connectivity index (χ1) is 9.88. The van der Waals surface area contributed by atoms with Gasteiger partial charge in [0.15, 0.2) is 5.13 Å². The van der Waals surface area contributed by atoms with Crippen LogP contribution in [0.5, 0.6) is 0 Å². The maximum atomic E-state index is 12.1. The number of amides is 1. The van der Waals surface area contributed by atoms with Crippen LogP contribution in [0.25, 0.3) is 0 Å². The summed E-state index contributed by atoms with van der Waals surface area (Å²) in [6, 6.07) is 3.91. The van der Waals surface area contributed by atoms with Gasteiger partial charge in [0.05, 0.1) is 4.92 Å². The predicted molar refractivity (Wildman–Crippen MR) is 82.3 cm³/mol. The highest BCUT2D eigenvalue weighted by molar-refractivity contribution is 7.15. The van der Waals surface area contributed by atoms with Gasteiger partial charge in [-0.3, -0.25) is 20.2 Å². The summed E-state index contributed by atoms with van der Waals surface area (Å²) in [5, 5.41) is 14.2. The van der Waals surface area contributed by atoms with Crippen LogP contribution in [-0.2, 0) is 0 Å². The van der Waals surface area contributed by atoms with E-state index in [0.29, 0.717) is 11.0 Å². The Morgan fingerprint density at radius 1 is 1.48 bits per heavy atom. The molecule has 0 spiro atoms. The molecule has 6 nitrogen and oxygen atoms in total. The largest absolute Gasteiger partial charge is 0.298 e. The summed E-state index contributed by atoms with van der Waals surface area (Å²) < 4.78 is 0. The molecule has 21 heavy (non-hydrogen) atoms. The van der Waals surface area contributed by atoms with Crippen molar-refractivity contribution in [1.29, 1.82) is 0 Å². The number of carbonyl (C=O) groups excluding carboxylic acids is 1. The molecule has 0 saturated heterocycles. The number of anilines is 1. The Kier molecular flexibility index (Phi) is 4.54. The molecule has 0 aliphatic heterocycles. The third-order valence-electron chi connectivity index (χ3n) is 2.71. The van der Waals surface area contributed by atoms with Gasteiger partial charge in [-0.15, -0.1) is 11.3 Å². The van der Waals surface area contributed by atoms with Crippen molar-refractivity contribution >= 4 is 39.7 Å². The average molecular weight is 326 g/mol. The van der Waals surface area contributed by atoms with Gasteiger partial charge in [0, 0.05) is 22.2 Å². The van der Waals surface area contributed by atoms with Crippen LogP contribution in [0.1, 0.15) is 35.0 Å². The van der Waals surface area contributed by atoms with E-state index in [2.05, 4.69) is 10.3 Å². The van der Waals surface area contributed by atoms with Crippen LogP contribution in [0.15, 0.2) is 24.4 Å². The Morgan fingerprint density at radius 3 is 2.76 bits per heavy atom. The monoisotopic (exact) mass is 325 g/mol. The third-order valence-corrected chi connectivity index (χ3v) is 4.16. The first-order valence-electron chi connectivity index (χ1n) is 6.09. The zero-order valence-corrected chi connectivity index (χ0v) is 12.9. The van der Waals surface area contributed by atoms with Crippen LogP contribution in [0.4, 0.5) is 10.8 Å². The summed E-state index contributed by atoms with van der Waals surface area (Å²) in [6.45, 7) is 4.03. The first kappa shape index (κ1) is 15.4. The van der Waals surface area contributed by atoms with E-state index < -0.39 is 10.8 Å². The fourth-order valence-electron chi connectivity index (χ4n) is 1.62. The minimum atomic E-state index is -0.637. The molecule has 0 unspecified atom stereocenters. The van der Waals surface area contributed by atoms with Gasteiger partial charge in [-0.1, -0.05) is 25.4 Å². The number of nitrogens with zero attached hydrogens (tertiary/aromatic N) is 2. The molecule has 1 aromatic carbocycles. The summed E-state index contributed by atoms with van der Waals surface area (Å²) in [4.78, 5) is 27.6. The zero-order valence-electron chi connectivity index (χ0n) is 11.3. The lowest BCUT2D eigenvalue weighted by molar-refractivity contribution is -0.385. The standard InChI is InChI=1S/C13H12ClN3O3S/c1-7(2)11-6-15-13(21-11)16-12(18)9-4-3-8(14)5-10(9)17(19)20/h3-7H,1-2H3,(H,15,16,18). The van der Waals surface area contributed by atoms with E-state index in [0.717, 1.165) is 10.9 Å². The minimum absolute atomic E-state index is 0.0503. The van der Waals surface area contributed by atoms with Crippen molar-refractivity contribution in [3.8, 4) is 0 Å². The van der Waals surface area contributed by atoms with Crippen molar-refractivity contribution in [3.63, 3.8) is 0 Å². The molecule has 0 aliphatic carbocycles. The van der Waals surface area contributed by atoms with Crippen molar-refractivity contribution in [2.24, 2.45) is 0 Å². The number of nitrogens with one attached hydrogen (secondary N) is 1. The van der Waals surface area contributed by atoms with Gasteiger partial charge in [0.1, 0.15) is 5.56 Å². The minimum Gasteiger partial charge on any atom is -0.298 e. The third kappa shape index (κ3) is 3.56. The highest BCUT2D eigenvalue weighted by Crippen LogP contribution is 2.27. The van der Waals surface area contributed by atoms with E-state index in [1.165, 1.54) is 23.5 Å². The number of nitro groups is 1. The molecular formula is C13H12ClN3O3S. The van der Waals surface area contributed by atoms with Crippen molar-refractivity contribution < 1.29 is 9.72 Å². The van der Waals surface area contributed by atoms with Gasteiger partial charge in [-0.05, 0) is 18.1 Å². The maximum Gasteiger partial charge on any atom is 0.283 e. The van der Waals surface area contributed by atoms with Crippen LogP contribution in [0.2, 0.25) is 5.02 Å². The molecule has 1 heterocycles. The SMILES string of the molecule is CC(C)c1cnc(NC(=O)c2ccc(Cl)cc2[N+](=O)[O-])s1. The van der Waals surface area contributed by atoms with Gasteiger partial charge >= 0.3 is 0 Å². The van der Waals surface area contributed by atoms with Crippen LogP contribution >= 0.6 is 22.9 Å². The molecular weight excluding hydrogens is 314 g/mol. The molecule has 1 aromatic heterocycles. The molecule has 0 radical (unpaired) electrons. The Balaban J connectivity index is 2.26. The van der Waals surface area contributed by atoms with Gasteiger partial charge in [-0.2, -0.15) is 0 Å². The Morgan fingerprint density at radius 2 is 2.19 bits per heavy atom. The Bertz CT molecular complexity index is 700. The molecule has 110 valence electrons. The number of carbonyl (C=O) groups is 1. The maximum absolute atomic E-state index is 12.1. The van der Waals surface area contributed by atoms with E-state index in [1.54, 1.807) is 6.20 Å². The van der Waals surface area contributed by atoms with E-state index in [1.807, 2.05) is 13.8 Å². The molecule has 0 aliphatic rings. The molecule has 1 amide bonds. The predicted octanol–water partition coefficient (Wildman–Crippen LogP) is 4.08. The Labute approximate surface area is 129 Å². The summed E-state index contributed by atoms with van der Waals surface area (Å²) in [6.07, 6.45) is 1.68. The second-order valence-corrected chi connectivity index (χ2v) is 6.09. The van der Waals surface area contributed by atoms with Gasteiger partial charge in [0.25, 0.3) is 11.6 Å². The molecule has 1 N–H and O–H groups in total. The number of hydrogen-bond donors (Lipinski definition) is 1. The Hall–Kier alpha value is -1.99. The summed E-state index contributed by atoms with van der Waals surface area (Å²) in [5.41, 5.74) is -0.383. The quantitative estimate of drug-likeness (QED) is 0.678. The van der Waals surface area contributed by atoms with Gasteiger partial charge < -0.3 is 0 Å².